The molecule has 0 saturated heterocycles. The van der Waals surface area contributed by atoms with E-state index in [2.05, 4.69) is 6.92 Å². The zero-order valence-electron chi connectivity index (χ0n) is 12.0. The molecular weight excluding hydrogens is 280 g/mol. The van der Waals surface area contributed by atoms with Gasteiger partial charge >= 0.3 is 0 Å². The van der Waals surface area contributed by atoms with Crippen molar-refractivity contribution in [2.24, 2.45) is 0 Å². The third-order valence-electron chi connectivity index (χ3n) is 3.35. The highest BCUT2D eigenvalue weighted by Gasteiger charge is 2.23. The molecule has 0 aliphatic heterocycles. The molecule has 0 bridgehead atoms. The van der Waals surface area contributed by atoms with Crippen LogP contribution < -0.4 is 4.74 Å². The minimum absolute atomic E-state index is 0.0456. The van der Waals surface area contributed by atoms with Crippen LogP contribution in [0.3, 0.4) is 0 Å². The molecule has 3 heteroatoms. The van der Waals surface area contributed by atoms with Gasteiger partial charge in [0.25, 0.3) is 0 Å². The molecule has 1 fully saturated rings. The number of rotatable bonds is 6. The summed E-state index contributed by atoms with van der Waals surface area (Å²) in [6.07, 6.45) is 2.59. The summed E-state index contributed by atoms with van der Waals surface area (Å²) in [7, 11) is 0. The van der Waals surface area contributed by atoms with Gasteiger partial charge in [-0.05, 0) is 55.0 Å². The highest BCUT2D eigenvalue weighted by Crippen LogP contribution is 2.27. The average Bonchev–Trinajstić information content (AvgIpc) is 3.32. The van der Waals surface area contributed by atoms with E-state index in [1.807, 2.05) is 48.5 Å². The SMILES string of the molecule is CCSc1ccc(C(=O)c2cccc(OC3CC3)c2)cc1. The highest BCUT2D eigenvalue weighted by atomic mass is 32.2. The van der Waals surface area contributed by atoms with E-state index in [0.29, 0.717) is 11.7 Å². The first-order chi connectivity index (χ1) is 10.3. The summed E-state index contributed by atoms with van der Waals surface area (Å²) in [5.41, 5.74) is 1.41. The maximum absolute atomic E-state index is 12.5. The van der Waals surface area contributed by atoms with Crippen molar-refractivity contribution < 1.29 is 9.53 Å². The van der Waals surface area contributed by atoms with Gasteiger partial charge < -0.3 is 4.74 Å². The normalized spacial score (nSPS) is 14.0. The van der Waals surface area contributed by atoms with Gasteiger partial charge in [0, 0.05) is 16.0 Å². The molecule has 0 aromatic heterocycles. The smallest absolute Gasteiger partial charge is 0.193 e. The van der Waals surface area contributed by atoms with Gasteiger partial charge in [-0.15, -0.1) is 11.8 Å². The minimum Gasteiger partial charge on any atom is -0.490 e. The van der Waals surface area contributed by atoms with E-state index in [1.54, 1.807) is 11.8 Å². The van der Waals surface area contributed by atoms with E-state index in [0.717, 1.165) is 29.9 Å². The Hall–Kier alpha value is -1.74. The van der Waals surface area contributed by atoms with Gasteiger partial charge in [0.2, 0.25) is 0 Å². The zero-order chi connectivity index (χ0) is 14.7. The second kappa shape index (κ2) is 6.35. The van der Waals surface area contributed by atoms with Gasteiger partial charge in [-0.25, -0.2) is 0 Å². The van der Waals surface area contributed by atoms with Crippen LogP contribution in [0, 0.1) is 0 Å². The fourth-order valence-corrected chi connectivity index (χ4v) is 2.79. The molecule has 1 saturated carbocycles. The molecule has 1 aliphatic carbocycles. The molecular formula is C18H18O2S. The molecule has 0 spiro atoms. The zero-order valence-corrected chi connectivity index (χ0v) is 12.9. The van der Waals surface area contributed by atoms with Crippen LogP contribution in [0.15, 0.2) is 53.4 Å². The molecule has 2 aromatic rings. The van der Waals surface area contributed by atoms with Crippen molar-refractivity contribution in [3.05, 3.63) is 59.7 Å². The first-order valence-corrected chi connectivity index (χ1v) is 8.29. The highest BCUT2D eigenvalue weighted by molar-refractivity contribution is 7.99. The van der Waals surface area contributed by atoms with E-state index < -0.39 is 0 Å². The molecule has 2 aromatic carbocycles. The van der Waals surface area contributed by atoms with Gasteiger partial charge in [0.1, 0.15) is 5.75 Å². The Morgan fingerprint density at radius 2 is 1.90 bits per heavy atom. The van der Waals surface area contributed by atoms with E-state index >= 15 is 0 Å². The Bertz CT molecular complexity index is 630. The minimum atomic E-state index is 0.0456. The van der Waals surface area contributed by atoms with E-state index in [1.165, 1.54) is 4.90 Å². The molecule has 0 atom stereocenters. The second-order valence-electron chi connectivity index (χ2n) is 5.13. The topological polar surface area (TPSA) is 26.3 Å². The third-order valence-corrected chi connectivity index (χ3v) is 4.25. The number of thioether (sulfide) groups is 1. The maximum Gasteiger partial charge on any atom is 0.193 e. The molecule has 0 amide bonds. The molecule has 0 unspecified atom stereocenters. The summed E-state index contributed by atoms with van der Waals surface area (Å²) in [4.78, 5) is 13.7. The van der Waals surface area contributed by atoms with Crippen LogP contribution in [-0.4, -0.2) is 17.6 Å². The summed E-state index contributed by atoms with van der Waals surface area (Å²) >= 11 is 1.78. The van der Waals surface area contributed by atoms with E-state index in [-0.39, 0.29) is 5.78 Å². The van der Waals surface area contributed by atoms with Crippen LogP contribution >= 0.6 is 11.8 Å². The predicted octanol–water partition coefficient (Wildman–Crippen LogP) is 4.57. The first kappa shape index (κ1) is 14.2. The van der Waals surface area contributed by atoms with Crippen molar-refractivity contribution in [3.8, 4) is 5.75 Å². The molecule has 21 heavy (non-hydrogen) atoms. The van der Waals surface area contributed by atoms with Crippen LogP contribution in [0.4, 0.5) is 0 Å². The summed E-state index contributed by atoms with van der Waals surface area (Å²) in [6.45, 7) is 2.12. The molecule has 1 aliphatic rings. The number of ether oxygens (including phenoxy) is 1. The number of carbonyl (C=O) groups is 1. The fraction of sp³-hybridized carbons (Fsp3) is 0.278. The van der Waals surface area contributed by atoms with Crippen molar-refractivity contribution >= 4 is 17.5 Å². The molecule has 2 nitrogen and oxygen atoms in total. The lowest BCUT2D eigenvalue weighted by Gasteiger charge is -2.07. The summed E-state index contributed by atoms with van der Waals surface area (Å²) in [5.74, 6) is 1.87. The Morgan fingerprint density at radius 1 is 1.14 bits per heavy atom. The maximum atomic E-state index is 12.5. The standard InChI is InChI=1S/C18H18O2S/c1-2-21-17-10-6-13(7-11-17)18(19)14-4-3-5-16(12-14)20-15-8-9-15/h3-7,10-12,15H,2,8-9H2,1H3. The quantitative estimate of drug-likeness (QED) is 0.577. The largest absolute Gasteiger partial charge is 0.490 e. The Balaban J connectivity index is 1.77. The molecule has 108 valence electrons. The lowest BCUT2D eigenvalue weighted by Crippen LogP contribution is -2.02. The number of benzene rings is 2. The molecule has 0 N–H and O–H groups in total. The van der Waals surface area contributed by atoms with Crippen molar-refractivity contribution in [2.45, 2.75) is 30.8 Å². The second-order valence-corrected chi connectivity index (χ2v) is 6.47. The van der Waals surface area contributed by atoms with Gasteiger partial charge in [-0.2, -0.15) is 0 Å². The summed E-state index contributed by atoms with van der Waals surface area (Å²) < 4.78 is 5.75. The molecule has 0 radical (unpaired) electrons. The van der Waals surface area contributed by atoms with Gasteiger partial charge in [0.05, 0.1) is 6.10 Å². The van der Waals surface area contributed by atoms with Crippen molar-refractivity contribution in [1.82, 2.24) is 0 Å². The van der Waals surface area contributed by atoms with Gasteiger partial charge in [0.15, 0.2) is 5.78 Å². The first-order valence-electron chi connectivity index (χ1n) is 7.30. The average molecular weight is 298 g/mol. The van der Waals surface area contributed by atoms with Crippen molar-refractivity contribution in [2.75, 3.05) is 5.75 Å². The Labute approximate surface area is 129 Å². The van der Waals surface area contributed by atoms with Crippen LogP contribution in [-0.2, 0) is 0 Å². The lowest BCUT2D eigenvalue weighted by atomic mass is 10.0. The van der Waals surface area contributed by atoms with E-state index in [4.69, 9.17) is 4.74 Å². The Morgan fingerprint density at radius 3 is 2.57 bits per heavy atom. The number of ketones is 1. The molecule has 0 heterocycles. The monoisotopic (exact) mass is 298 g/mol. The van der Waals surface area contributed by atoms with Crippen LogP contribution in [0.25, 0.3) is 0 Å². The Kier molecular flexibility index (Phi) is 4.30. The van der Waals surface area contributed by atoms with Gasteiger partial charge in [-0.3, -0.25) is 4.79 Å². The van der Waals surface area contributed by atoms with Crippen molar-refractivity contribution in [1.29, 1.82) is 0 Å². The third kappa shape index (κ3) is 3.67. The van der Waals surface area contributed by atoms with E-state index in [9.17, 15) is 4.79 Å². The fourth-order valence-electron chi connectivity index (χ4n) is 2.12. The van der Waals surface area contributed by atoms with Crippen molar-refractivity contribution in [3.63, 3.8) is 0 Å². The molecule has 3 rings (SSSR count). The van der Waals surface area contributed by atoms with Crippen LogP contribution in [0.2, 0.25) is 0 Å². The van der Waals surface area contributed by atoms with Crippen LogP contribution in [0.1, 0.15) is 35.7 Å². The van der Waals surface area contributed by atoms with Gasteiger partial charge in [-0.1, -0.05) is 19.1 Å². The lowest BCUT2D eigenvalue weighted by molar-refractivity contribution is 0.103. The number of hydrogen-bond acceptors (Lipinski definition) is 3. The predicted molar refractivity (Wildman–Crippen MR) is 86.4 cm³/mol. The summed E-state index contributed by atoms with van der Waals surface area (Å²) in [6, 6.07) is 15.3. The number of hydrogen-bond donors (Lipinski definition) is 0. The summed E-state index contributed by atoms with van der Waals surface area (Å²) in [5, 5.41) is 0. The number of carbonyl (C=O) groups excluding carboxylic acids is 1. The van der Waals surface area contributed by atoms with Crippen LogP contribution in [0.5, 0.6) is 5.75 Å².